The zero-order valence-electron chi connectivity index (χ0n) is 26.2. The number of amides is 1. The Labute approximate surface area is 279 Å². The minimum absolute atomic E-state index is 0.0573. The summed E-state index contributed by atoms with van der Waals surface area (Å²) in [4.78, 5) is 36.4. The van der Waals surface area contributed by atoms with Gasteiger partial charge in [0.25, 0.3) is 21.6 Å². The lowest BCUT2D eigenvalue weighted by Gasteiger charge is -2.32. The Morgan fingerprint density at radius 2 is 1.74 bits per heavy atom. The molecule has 1 aliphatic rings. The standard InChI is InChI=1S/C34H38N6O5S2/c1-2-9-30-29(24-36-34(37-30)39-19-16-26(17-20-39)22-25-10-5-3-6-11-25)33(41)38-47(44,45)28-14-15-31(32(23-28)40(42)43)35-18-21-46-27-12-7-4-8-13-27/h3-8,10-15,23-24,26,35H,2,9,16-22H2,1H3,(H,38,41). The first-order valence-electron chi connectivity index (χ1n) is 15.7. The van der Waals surface area contributed by atoms with Crippen LogP contribution in [0.4, 0.5) is 17.3 Å². The summed E-state index contributed by atoms with van der Waals surface area (Å²) >= 11 is 1.59. The Bertz CT molecular complexity index is 1780. The van der Waals surface area contributed by atoms with Gasteiger partial charge in [0, 0.05) is 42.5 Å². The fourth-order valence-corrected chi connectivity index (χ4v) is 7.32. The third-order valence-corrected chi connectivity index (χ3v) is 10.3. The number of sulfonamides is 1. The number of carbonyl (C=O) groups is 1. The molecule has 1 saturated heterocycles. The maximum Gasteiger partial charge on any atom is 0.293 e. The van der Waals surface area contributed by atoms with E-state index in [1.807, 2.05) is 43.3 Å². The number of nitrogens with one attached hydrogen (secondary N) is 2. The van der Waals surface area contributed by atoms with E-state index in [0.29, 0.717) is 42.7 Å². The van der Waals surface area contributed by atoms with Crippen LogP contribution in [0, 0.1) is 16.0 Å². The maximum atomic E-state index is 13.3. The predicted octanol–water partition coefficient (Wildman–Crippen LogP) is 6.12. The number of aromatic nitrogens is 2. The molecule has 2 N–H and O–H groups in total. The summed E-state index contributed by atoms with van der Waals surface area (Å²) in [6.45, 7) is 3.95. The van der Waals surface area contributed by atoms with Crippen molar-refractivity contribution in [1.29, 1.82) is 0 Å². The molecule has 246 valence electrons. The van der Waals surface area contributed by atoms with E-state index in [0.717, 1.165) is 43.3 Å². The third kappa shape index (κ3) is 9.07. The molecule has 0 bridgehead atoms. The molecule has 0 saturated carbocycles. The summed E-state index contributed by atoms with van der Waals surface area (Å²) in [6.07, 6.45) is 5.53. The number of nitrogens with zero attached hydrogens (tertiary/aromatic N) is 4. The molecule has 0 atom stereocenters. The molecule has 4 aromatic rings. The van der Waals surface area contributed by atoms with Crippen molar-refractivity contribution in [2.24, 2.45) is 5.92 Å². The second-order valence-electron chi connectivity index (χ2n) is 11.4. The number of benzene rings is 3. The van der Waals surface area contributed by atoms with Crippen LogP contribution in [-0.2, 0) is 22.9 Å². The normalized spacial score (nSPS) is 13.7. The summed E-state index contributed by atoms with van der Waals surface area (Å²) in [5.74, 6) is 0.847. The minimum Gasteiger partial charge on any atom is -0.379 e. The molecule has 1 aromatic heterocycles. The number of hydrogen-bond acceptors (Lipinski definition) is 10. The average molecular weight is 675 g/mol. The van der Waals surface area contributed by atoms with Crippen molar-refractivity contribution in [1.82, 2.24) is 14.7 Å². The van der Waals surface area contributed by atoms with Gasteiger partial charge in [-0.2, -0.15) is 0 Å². The smallest absolute Gasteiger partial charge is 0.293 e. The number of thioether (sulfide) groups is 1. The van der Waals surface area contributed by atoms with Crippen molar-refractivity contribution in [3.63, 3.8) is 0 Å². The van der Waals surface area contributed by atoms with Crippen LogP contribution in [0.3, 0.4) is 0 Å². The largest absolute Gasteiger partial charge is 0.379 e. The highest BCUT2D eigenvalue weighted by Gasteiger charge is 2.27. The lowest BCUT2D eigenvalue weighted by Crippen LogP contribution is -2.36. The van der Waals surface area contributed by atoms with Crippen LogP contribution < -0.4 is 14.9 Å². The molecule has 0 radical (unpaired) electrons. The van der Waals surface area contributed by atoms with Gasteiger partial charge >= 0.3 is 0 Å². The molecule has 1 amide bonds. The molecule has 0 unspecified atom stereocenters. The fraction of sp³-hybridized carbons (Fsp3) is 0.324. The molecule has 11 nitrogen and oxygen atoms in total. The Morgan fingerprint density at radius 1 is 1.04 bits per heavy atom. The zero-order chi connectivity index (χ0) is 33.2. The van der Waals surface area contributed by atoms with Gasteiger partial charge in [-0.15, -0.1) is 11.8 Å². The number of aryl methyl sites for hydroxylation is 1. The molecule has 0 aliphatic carbocycles. The number of nitro groups is 1. The highest BCUT2D eigenvalue weighted by atomic mass is 32.2. The van der Waals surface area contributed by atoms with Gasteiger partial charge in [0.15, 0.2) is 0 Å². The van der Waals surface area contributed by atoms with Gasteiger partial charge in [-0.1, -0.05) is 61.9 Å². The second kappa shape index (κ2) is 15.9. The first kappa shape index (κ1) is 33.9. The van der Waals surface area contributed by atoms with Crippen molar-refractivity contribution >= 4 is 45.0 Å². The lowest BCUT2D eigenvalue weighted by molar-refractivity contribution is -0.384. The Morgan fingerprint density at radius 3 is 2.43 bits per heavy atom. The summed E-state index contributed by atoms with van der Waals surface area (Å²) in [5.41, 5.74) is 1.62. The molecule has 3 aromatic carbocycles. The SMILES string of the molecule is CCCc1nc(N2CCC(Cc3ccccc3)CC2)ncc1C(=O)NS(=O)(=O)c1ccc(NCCSc2ccccc2)c([N+](=O)[O-])c1. The van der Waals surface area contributed by atoms with E-state index in [9.17, 15) is 23.3 Å². The number of anilines is 2. The summed E-state index contributed by atoms with van der Waals surface area (Å²) < 4.78 is 28.5. The zero-order valence-corrected chi connectivity index (χ0v) is 27.8. The van der Waals surface area contributed by atoms with Gasteiger partial charge in [-0.25, -0.2) is 23.1 Å². The van der Waals surface area contributed by atoms with Crippen LogP contribution >= 0.6 is 11.8 Å². The monoisotopic (exact) mass is 674 g/mol. The third-order valence-electron chi connectivity index (χ3n) is 7.98. The molecule has 1 aliphatic heterocycles. The van der Waals surface area contributed by atoms with E-state index >= 15 is 0 Å². The van der Waals surface area contributed by atoms with E-state index in [1.165, 1.54) is 23.9 Å². The Hall–Kier alpha value is -4.49. The number of nitro benzene ring substituents is 1. The van der Waals surface area contributed by atoms with Crippen molar-refractivity contribution in [3.05, 3.63) is 112 Å². The predicted molar refractivity (Wildman–Crippen MR) is 185 cm³/mol. The van der Waals surface area contributed by atoms with Crippen LogP contribution in [0.1, 0.15) is 47.8 Å². The Balaban J connectivity index is 1.23. The van der Waals surface area contributed by atoms with Crippen LogP contribution in [-0.4, -0.2) is 54.6 Å². The van der Waals surface area contributed by atoms with Gasteiger partial charge in [-0.3, -0.25) is 14.9 Å². The van der Waals surface area contributed by atoms with Crippen molar-refractivity contribution < 1.29 is 18.1 Å². The van der Waals surface area contributed by atoms with Crippen molar-refractivity contribution in [3.8, 4) is 0 Å². The van der Waals surface area contributed by atoms with Crippen molar-refractivity contribution in [2.45, 2.75) is 48.8 Å². The van der Waals surface area contributed by atoms with Crippen LogP contribution in [0.2, 0.25) is 0 Å². The topological polar surface area (TPSA) is 147 Å². The van der Waals surface area contributed by atoms with E-state index in [2.05, 4.69) is 49.2 Å². The molecule has 2 heterocycles. The number of carbonyl (C=O) groups excluding carboxylic acids is 1. The molecular formula is C34H38N6O5S2. The molecule has 13 heteroatoms. The van der Waals surface area contributed by atoms with Gasteiger partial charge < -0.3 is 10.2 Å². The molecular weight excluding hydrogens is 637 g/mol. The second-order valence-corrected chi connectivity index (χ2v) is 14.2. The van der Waals surface area contributed by atoms with Gasteiger partial charge in [0.1, 0.15) is 5.69 Å². The highest BCUT2D eigenvalue weighted by Crippen LogP contribution is 2.29. The van der Waals surface area contributed by atoms with Crippen LogP contribution in [0.15, 0.2) is 94.9 Å². The first-order valence-corrected chi connectivity index (χ1v) is 18.1. The van der Waals surface area contributed by atoms with E-state index in [4.69, 9.17) is 0 Å². The average Bonchev–Trinajstić information content (AvgIpc) is 3.08. The number of piperidine rings is 1. The lowest BCUT2D eigenvalue weighted by atomic mass is 9.90. The fourth-order valence-electron chi connectivity index (χ4n) is 5.55. The van der Waals surface area contributed by atoms with E-state index in [1.54, 1.807) is 11.8 Å². The number of rotatable bonds is 14. The summed E-state index contributed by atoms with van der Waals surface area (Å²) in [7, 11) is -4.44. The highest BCUT2D eigenvalue weighted by molar-refractivity contribution is 7.99. The van der Waals surface area contributed by atoms with Crippen molar-refractivity contribution in [2.75, 3.05) is 35.6 Å². The maximum absolute atomic E-state index is 13.3. The molecule has 47 heavy (non-hydrogen) atoms. The summed E-state index contributed by atoms with van der Waals surface area (Å²) in [5, 5.41) is 14.8. The quantitative estimate of drug-likeness (QED) is 0.0694. The van der Waals surface area contributed by atoms with Gasteiger partial charge in [0.2, 0.25) is 5.95 Å². The van der Waals surface area contributed by atoms with Crippen LogP contribution in [0.25, 0.3) is 0 Å². The number of hydrogen-bond donors (Lipinski definition) is 2. The Kier molecular flexibility index (Phi) is 11.4. The van der Waals surface area contributed by atoms with Crippen LogP contribution in [0.5, 0.6) is 0 Å². The van der Waals surface area contributed by atoms with Gasteiger partial charge in [-0.05, 0) is 61.4 Å². The van der Waals surface area contributed by atoms with E-state index in [-0.39, 0.29) is 11.3 Å². The molecule has 1 fully saturated rings. The van der Waals surface area contributed by atoms with Gasteiger partial charge in [0.05, 0.1) is 21.1 Å². The summed E-state index contributed by atoms with van der Waals surface area (Å²) in [6, 6.07) is 23.7. The minimum atomic E-state index is -4.44. The first-order chi connectivity index (χ1) is 22.7. The van der Waals surface area contributed by atoms with E-state index < -0.39 is 31.4 Å². The molecule has 0 spiro atoms. The molecule has 5 rings (SSSR count).